The highest BCUT2D eigenvalue weighted by Gasteiger charge is 2.14. The molecule has 3 rings (SSSR count). The number of nitrogens with zero attached hydrogens (tertiary/aromatic N) is 2. The number of aliphatic hydroxyl groups is 1. The van der Waals surface area contributed by atoms with E-state index >= 15 is 0 Å². The summed E-state index contributed by atoms with van der Waals surface area (Å²) in [5.74, 6) is 1.57. The molecule has 0 bridgehead atoms. The summed E-state index contributed by atoms with van der Waals surface area (Å²) in [6.07, 6.45) is 0.359. The normalized spacial score (nSPS) is 12.4. The minimum Gasteiger partial charge on any atom is -0.491 e. The first-order valence-corrected chi connectivity index (χ1v) is 8.54. The summed E-state index contributed by atoms with van der Waals surface area (Å²) in [6.45, 7) is 3.16. The second-order valence-corrected chi connectivity index (χ2v) is 6.02. The molecule has 132 valence electrons. The van der Waals surface area contributed by atoms with Crippen molar-refractivity contribution in [3.05, 3.63) is 59.9 Å². The van der Waals surface area contributed by atoms with Gasteiger partial charge in [0, 0.05) is 7.11 Å². The molecular weight excluding hydrogens is 316 g/mol. The van der Waals surface area contributed by atoms with E-state index in [1.165, 1.54) is 5.56 Å². The molecule has 0 radical (unpaired) electrons. The van der Waals surface area contributed by atoms with E-state index in [2.05, 4.69) is 11.9 Å². The van der Waals surface area contributed by atoms with Crippen molar-refractivity contribution in [1.29, 1.82) is 0 Å². The van der Waals surface area contributed by atoms with Crippen molar-refractivity contribution in [2.24, 2.45) is 0 Å². The summed E-state index contributed by atoms with van der Waals surface area (Å²) in [4.78, 5) is 4.58. The van der Waals surface area contributed by atoms with Crippen LogP contribution < -0.4 is 4.74 Å². The number of aryl methyl sites for hydroxylation is 1. The molecule has 0 aliphatic heterocycles. The Hall–Kier alpha value is -2.37. The summed E-state index contributed by atoms with van der Waals surface area (Å²) in [5, 5.41) is 10.4. The van der Waals surface area contributed by atoms with E-state index in [9.17, 15) is 5.11 Å². The van der Waals surface area contributed by atoms with Crippen LogP contribution in [-0.2, 0) is 24.3 Å². The van der Waals surface area contributed by atoms with Gasteiger partial charge < -0.3 is 19.1 Å². The van der Waals surface area contributed by atoms with Gasteiger partial charge in [0.15, 0.2) is 0 Å². The van der Waals surface area contributed by atoms with Crippen LogP contribution in [0.3, 0.4) is 0 Å². The largest absolute Gasteiger partial charge is 0.491 e. The van der Waals surface area contributed by atoms with Crippen LogP contribution in [0, 0.1) is 0 Å². The maximum atomic E-state index is 10.4. The molecule has 0 amide bonds. The summed E-state index contributed by atoms with van der Waals surface area (Å²) < 4.78 is 12.9. The molecule has 3 aromatic rings. The molecule has 2 aromatic carbocycles. The van der Waals surface area contributed by atoms with E-state index in [0.29, 0.717) is 13.2 Å². The maximum Gasteiger partial charge on any atom is 0.136 e. The smallest absolute Gasteiger partial charge is 0.136 e. The van der Waals surface area contributed by atoms with Crippen molar-refractivity contribution >= 4 is 11.0 Å². The van der Waals surface area contributed by atoms with Crippen molar-refractivity contribution in [3.8, 4) is 5.75 Å². The Morgan fingerprint density at radius 1 is 1.12 bits per heavy atom. The van der Waals surface area contributed by atoms with Crippen LogP contribution in [0.25, 0.3) is 11.0 Å². The number of rotatable bonds is 8. The Morgan fingerprint density at radius 2 is 1.88 bits per heavy atom. The van der Waals surface area contributed by atoms with Crippen molar-refractivity contribution in [3.63, 3.8) is 0 Å². The lowest BCUT2D eigenvalue weighted by Gasteiger charge is -2.15. The van der Waals surface area contributed by atoms with Gasteiger partial charge in [0.05, 0.1) is 17.6 Å². The summed E-state index contributed by atoms with van der Waals surface area (Å²) in [6, 6.07) is 15.8. The molecule has 1 heterocycles. The van der Waals surface area contributed by atoms with Gasteiger partial charge in [0.2, 0.25) is 0 Å². The van der Waals surface area contributed by atoms with E-state index in [-0.39, 0.29) is 6.61 Å². The first kappa shape index (κ1) is 17.5. The standard InChI is InChI=1S/C20H24N2O3/c1-3-15-8-10-17(11-9-15)25-13-16(23)12-22-19-7-5-4-6-18(19)21-20(22)14-24-2/h4-11,16,23H,3,12-14H2,1-2H3/t16-/m0/s1. The number of ether oxygens (including phenoxy) is 2. The van der Waals surface area contributed by atoms with Crippen LogP contribution in [0.5, 0.6) is 5.75 Å². The van der Waals surface area contributed by atoms with Crippen molar-refractivity contribution < 1.29 is 14.6 Å². The molecule has 0 fully saturated rings. The van der Waals surface area contributed by atoms with Gasteiger partial charge in [-0.2, -0.15) is 0 Å². The topological polar surface area (TPSA) is 56.5 Å². The monoisotopic (exact) mass is 340 g/mol. The number of aliphatic hydroxyl groups excluding tert-OH is 1. The summed E-state index contributed by atoms with van der Waals surface area (Å²) >= 11 is 0. The Balaban J connectivity index is 1.68. The van der Waals surface area contributed by atoms with Gasteiger partial charge in [-0.15, -0.1) is 0 Å². The molecule has 0 aliphatic rings. The van der Waals surface area contributed by atoms with Gasteiger partial charge in [-0.05, 0) is 36.2 Å². The van der Waals surface area contributed by atoms with E-state index < -0.39 is 6.10 Å². The van der Waals surface area contributed by atoms with Crippen LogP contribution in [0.2, 0.25) is 0 Å². The Bertz CT molecular complexity index is 811. The van der Waals surface area contributed by atoms with Crippen molar-refractivity contribution in [1.82, 2.24) is 9.55 Å². The molecule has 1 N–H and O–H groups in total. The molecule has 0 saturated heterocycles. The second-order valence-electron chi connectivity index (χ2n) is 6.02. The van der Waals surface area contributed by atoms with Crippen LogP contribution in [0.15, 0.2) is 48.5 Å². The molecule has 5 nitrogen and oxygen atoms in total. The fraction of sp³-hybridized carbons (Fsp3) is 0.350. The number of fused-ring (bicyclic) bond motifs is 1. The van der Waals surface area contributed by atoms with Gasteiger partial charge in [-0.1, -0.05) is 31.2 Å². The Morgan fingerprint density at radius 3 is 2.60 bits per heavy atom. The first-order chi connectivity index (χ1) is 12.2. The molecule has 0 unspecified atom stereocenters. The molecule has 1 aromatic heterocycles. The third kappa shape index (κ3) is 4.18. The fourth-order valence-corrected chi connectivity index (χ4v) is 2.85. The zero-order valence-electron chi connectivity index (χ0n) is 14.7. The number of methoxy groups -OCH3 is 1. The van der Waals surface area contributed by atoms with Gasteiger partial charge in [0.25, 0.3) is 0 Å². The maximum absolute atomic E-state index is 10.4. The predicted molar refractivity (Wildman–Crippen MR) is 97.8 cm³/mol. The third-order valence-corrected chi connectivity index (χ3v) is 4.17. The number of para-hydroxylation sites is 2. The zero-order valence-corrected chi connectivity index (χ0v) is 14.7. The lowest BCUT2D eigenvalue weighted by Crippen LogP contribution is -2.24. The quantitative estimate of drug-likeness (QED) is 0.684. The highest BCUT2D eigenvalue weighted by molar-refractivity contribution is 5.75. The first-order valence-electron chi connectivity index (χ1n) is 8.54. The number of benzene rings is 2. The van der Waals surface area contributed by atoms with E-state index in [4.69, 9.17) is 9.47 Å². The molecule has 0 spiro atoms. The second kappa shape index (κ2) is 8.14. The van der Waals surface area contributed by atoms with E-state index in [0.717, 1.165) is 29.0 Å². The molecule has 0 aliphatic carbocycles. The minimum absolute atomic E-state index is 0.227. The van der Waals surface area contributed by atoms with Crippen LogP contribution in [-0.4, -0.2) is 34.5 Å². The summed E-state index contributed by atoms with van der Waals surface area (Å²) in [7, 11) is 1.64. The molecule has 5 heteroatoms. The number of aromatic nitrogens is 2. The van der Waals surface area contributed by atoms with E-state index in [1.807, 2.05) is 53.1 Å². The van der Waals surface area contributed by atoms with Crippen LogP contribution >= 0.6 is 0 Å². The molecule has 1 atom stereocenters. The number of hydrogen-bond acceptors (Lipinski definition) is 4. The lowest BCUT2D eigenvalue weighted by atomic mass is 10.2. The van der Waals surface area contributed by atoms with Gasteiger partial charge in [0.1, 0.15) is 30.9 Å². The van der Waals surface area contributed by atoms with Gasteiger partial charge >= 0.3 is 0 Å². The lowest BCUT2D eigenvalue weighted by molar-refractivity contribution is 0.0901. The molecular formula is C20H24N2O3. The SMILES string of the molecule is CCc1ccc(OC[C@@H](O)Cn2c(COC)nc3ccccc32)cc1. The zero-order chi connectivity index (χ0) is 17.6. The highest BCUT2D eigenvalue weighted by atomic mass is 16.5. The Labute approximate surface area is 147 Å². The minimum atomic E-state index is -0.640. The van der Waals surface area contributed by atoms with E-state index in [1.54, 1.807) is 7.11 Å². The molecule has 0 saturated carbocycles. The Kier molecular flexibility index (Phi) is 5.68. The highest BCUT2D eigenvalue weighted by Crippen LogP contribution is 2.18. The number of hydrogen-bond donors (Lipinski definition) is 1. The fourth-order valence-electron chi connectivity index (χ4n) is 2.85. The van der Waals surface area contributed by atoms with Crippen LogP contribution in [0.1, 0.15) is 18.3 Å². The number of imidazole rings is 1. The average molecular weight is 340 g/mol. The third-order valence-electron chi connectivity index (χ3n) is 4.17. The summed E-state index contributed by atoms with van der Waals surface area (Å²) in [5.41, 5.74) is 3.15. The van der Waals surface area contributed by atoms with Crippen LogP contribution in [0.4, 0.5) is 0 Å². The van der Waals surface area contributed by atoms with Crippen molar-refractivity contribution in [2.45, 2.75) is 32.6 Å². The molecule has 25 heavy (non-hydrogen) atoms. The average Bonchev–Trinajstić information content (AvgIpc) is 2.98. The van der Waals surface area contributed by atoms with Gasteiger partial charge in [-0.25, -0.2) is 4.98 Å². The van der Waals surface area contributed by atoms with Gasteiger partial charge in [-0.3, -0.25) is 0 Å². The predicted octanol–water partition coefficient (Wildman–Crippen LogP) is 3.19. The van der Waals surface area contributed by atoms with Crippen molar-refractivity contribution in [2.75, 3.05) is 13.7 Å².